The van der Waals surface area contributed by atoms with Crippen LogP contribution >= 0.6 is 0 Å². The number of aliphatic hydroxyl groups is 1. The maximum absolute atomic E-state index is 10.3. The van der Waals surface area contributed by atoms with Crippen molar-refractivity contribution >= 4 is 11.6 Å². The van der Waals surface area contributed by atoms with Crippen molar-refractivity contribution < 1.29 is 5.11 Å². The summed E-state index contributed by atoms with van der Waals surface area (Å²) in [4.78, 5) is 8.92. The first-order valence-electron chi connectivity index (χ1n) is 7.24. The van der Waals surface area contributed by atoms with Crippen LogP contribution < -0.4 is 11.1 Å². The molecule has 1 aromatic rings. The van der Waals surface area contributed by atoms with Gasteiger partial charge in [0, 0.05) is 17.5 Å². The average molecular weight is 280 g/mol. The zero-order valence-corrected chi connectivity index (χ0v) is 13.5. The molecule has 0 aromatic carbocycles. The van der Waals surface area contributed by atoms with E-state index in [9.17, 15) is 5.11 Å². The summed E-state index contributed by atoms with van der Waals surface area (Å²) in [6.07, 6.45) is 1.39. The zero-order valence-electron chi connectivity index (χ0n) is 13.5. The molecule has 0 saturated carbocycles. The summed E-state index contributed by atoms with van der Waals surface area (Å²) in [7, 11) is 0. The molecule has 0 unspecified atom stereocenters. The summed E-state index contributed by atoms with van der Waals surface area (Å²) in [5.74, 6) is 1.91. The lowest BCUT2D eigenvalue weighted by molar-refractivity contribution is 0.0456. The van der Waals surface area contributed by atoms with Crippen molar-refractivity contribution in [2.24, 2.45) is 0 Å². The van der Waals surface area contributed by atoms with Crippen molar-refractivity contribution in [2.45, 2.75) is 65.4 Å². The summed E-state index contributed by atoms with van der Waals surface area (Å²) in [5, 5.41) is 13.6. The molecule has 0 aliphatic carbocycles. The second-order valence-electron chi connectivity index (χ2n) is 6.44. The van der Waals surface area contributed by atoms with Gasteiger partial charge in [0.15, 0.2) is 0 Å². The van der Waals surface area contributed by atoms with E-state index in [0.717, 1.165) is 5.56 Å². The van der Waals surface area contributed by atoms with E-state index in [4.69, 9.17) is 5.73 Å². The minimum Gasteiger partial charge on any atom is -0.388 e. The van der Waals surface area contributed by atoms with Gasteiger partial charge in [-0.1, -0.05) is 34.6 Å². The average Bonchev–Trinajstić information content (AvgIpc) is 2.38. The summed E-state index contributed by atoms with van der Waals surface area (Å²) in [6, 6.07) is 0. The Hall–Kier alpha value is -1.36. The number of nitrogens with two attached hydrogens (primary N) is 1. The van der Waals surface area contributed by atoms with Gasteiger partial charge in [-0.15, -0.1) is 0 Å². The molecule has 5 nitrogen and oxygen atoms in total. The fourth-order valence-corrected chi connectivity index (χ4v) is 1.79. The first-order valence-corrected chi connectivity index (χ1v) is 7.24. The highest BCUT2D eigenvalue weighted by Gasteiger charge is 2.24. The molecule has 1 rings (SSSR count). The molecule has 0 aliphatic rings. The summed E-state index contributed by atoms with van der Waals surface area (Å²) >= 11 is 0. The minimum absolute atomic E-state index is 0.163. The molecule has 0 spiro atoms. The van der Waals surface area contributed by atoms with E-state index in [-0.39, 0.29) is 5.41 Å². The van der Waals surface area contributed by atoms with Gasteiger partial charge in [-0.3, -0.25) is 0 Å². The Kier molecular flexibility index (Phi) is 4.97. The Labute approximate surface area is 122 Å². The lowest BCUT2D eigenvalue weighted by atomic mass is 9.95. The van der Waals surface area contributed by atoms with Crippen LogP contribution in [0.4, 0.5) is 11.6 Å². The quantitative estimate of drug-likeness (QED) is 0.772. The number of rotatable bonds is 5. The van der Waals surface area contributed by atoms with Gasteiger partial charge >= 0.3 is 0 Å². The Balaban J connectivity index is 3.03. The van der Waals surface area contributed by atoms with Crippen LogP contribution in [0.25, 0.3) is 0 Å². The van der Waals surface area contributed by atoms with Crippen LogP contribution in [0.3, 0.4) is 0 Å². The van der Waals surface area contributed by atoms with E-state index in [1.807, 2.05) is 20.8 Å². The molecule has 0 fully saturated rings. The smallest absolute Gasteiger partial charge is 0.138 e. The fraction of sp³-hybridized carbons (Fsp3) is 0.733. The van der Waals surface area contributed by atoms with E-state index in [2.05, 4.69) is 36.1 Å². The van der Waals surface area contributed by atoms with Crippen molar-refractivity contribution in [3.63, 3.8) is 0 Å². The largest absolute Gasteiger partial charge is 0.388 e. The van der Waals surface area contributed by atoms with E-state index in [1.54, 1.807) is 0 Å². The number of aromatic nitrogens is 2. The van der Waals surface area contributed by atoms with Crippen molar-refractivity contribution in [2.75, 3.05) is 17.6 Å². The number of hydrogen-bond acceptors (Lipinski definition) is 5. The molecule has 0 radical (unpaired) electrons. The molecule has 0 amide bonds. The Morgan fingerprint density at radius 3 is 2.15 bits per heavy atom. The highest BCUT2D eigenvalue weighted by atomic mass is 16.3. The number of nitrogen functional groups attached to an aromatic ring is 1. The van der Waals surface area contributed by atoms with Gasteiger partial charge < -0.3 is 16.2 Å². The zero-order chi connectivity index (χ0) is 15.6. The highest BCUT2D eigenvalue weighted by molar-refractivity contribution is 5.55. The molecular weight excluding hydrogens is 252 g/mol. The predicted octanol–water partition coefficient (Wildman–Crippen LogP) is 2.63. The second kappa shape index (κ2) is 5.95. The fourth-order valence-electron chi connectivity index (χ4n) is 1.79. The van der Waals surface area contributed by atoms with E-state index >= 15 is 0 Å². The maximum Gasteiger partial charge on any atom is 0.138 e. The SMILES string of the molecule is CCC(O)(CC)CNc1nc(C(C)(C)C)nc(N)c1C. The molecule has 0 bridgehead atoms. The summed E-state index contributed by atoms with van der Waals surface area (Å²) in [6.45, 7) is 12.5. The topological polar surface area (TPSA) is 84.1 Å². The van der Waals surface area contributed by atoms with Gasteiger partial charge in [-0.25, -0.2) is 9.97 Å². The van der Waals surface area contributed by atoms with E-state index < -0.39 is 5.60 Å². The molecule has 1 heterocycles. The van der Waals surface area contributed by atoms with Crippen LogP contribution in [0.2, 0.25) is 0 Å². The van der Waals surface area contributed by atoms with Crippen LogP contribution in [-0.2, 0) is 5.41 Å². The minimum atomic E-state index is -0.714. The van der Waals surface area contributed by atoms with Crippen LogP contribution in [0.15, 0.2) is 0 Å². The van der Waals surface area contributed by atoms with Crippen molar-refractivity contribution in [1.29, 1.82) is 0 Å². The van der Waals surface area contributed by atoms with Gasteiger partial charge in [0.1, 0.15) is 17.5 Å². The Morgan fingerprint density at radius 2 is 1.70 bits per heavy atom. The van der Waals surface area contributed by atoms with Crippen LogP contribution in [0.1, 0.15) is 58.8 Å². The third-order valence-corrected chi connectivity index (χ3v) is 3.76. The predicted molar refractivity (Wildman–Crippen MR) is 83.9 cm³/mol. The molecule has 114 valence electrons. The molecule has 0 saturated heterocycles. The van der Waals surface area contributed by atoms with Gasteiger partial charge in [-0.2, -0.15) is 0 Å². The Morgan fingerprint density at radius 1 is 1.15 bits per heavy atom. The first-order chi connectivity index (χ1) is 9.13. The summed E-state index contributed by atoms with van der Waals surface area (Å²) in [5.41, 5.74) is 5.92. The third kappa shape index (κ3) is 3.82. The number of nitrogens with zero attached hydrogens (tertiary/aromatic N) is 2. The molecular formula is C15H28N4O. The normalized spacial score (nSPS) is 12.6. The monoisotopic (exact) mass is 280 g/mol. The number of hydrogen-bond donors (Lipinski definition) is 3. The lowest BCUT2D eigenvalue weighted by Gasteiger charge is -2.27. The van der Waals surface area contributed by atoms with E-state index in [0.29, 0.717) is 36.8 Å². The van der Waals surface area contributed by atoms with Gasteiger partial charge in [0.05, 0.1) is 5.60 Å². The number of anilines is 2. The molecule has 0 atom stereocenters. The van der Waals surface area contributed by atoms with Crippen molar-refractivity contribution in [3.8, 4) is 0 Å². The molecule has 20 heavy (non-hydrogen) atoms. The highest BCUT2D eigenvalue weighted by Crippen LogP contribution is 2.25. The third-order valence-electron chi connectivity index (χ3n) is 3.76. The van der Waals surface area contributed by atoms with Crippen LogP contribution in [0, 0.1) is 6.92 Å². The van der Waals surface area contributed by atoms with Gasteiger partial charge in [0.2, 0.25) is 0 Å². The van der Waals surface area contributed by atoms with Crippen molar-refractivity contribution in [3.05, 3.63) is 11.4 Å². The molecule has 4 N–H and O–H groups in total. The molecule has 5 heteroatoms. The maximum atomic E-state index is 10.3. The second-order valence-corrected chi connectivity index (χ2v) is 6.44. The first kappa shape index (κ1) is 16.7. The van der Waals surface area contributed by atoms with Gasteiger partial charge in [0.25, 0.3) is 0 Å². The summed E-state index contributed by atoms with van der Waals surface area (Å²) < 4.78 is 0. The molecule has 0 aliphatic heterocycles. The number of nitrogens with one attached hydrogen (secondary N) is 1. The van der Waals surface area contributed by atoms with Crippen LogP contribution in [-0.4, -0.2) is 27.2 Å². The lowest BCUT2D eigenvalue weighted by Crippen LogP contribution is -2.36. The van der Waals surface area contributed by atoms with Crippen molar-refractivity contribution in [1.82, 2.24) is 9.97 Å². The van der Waals surface area contributed by atoms with Crippen LogP contribution in [0.5, 0.6) is 0 Å². The Bertz CT molecular complexity index is 462. The molecule has 1 aromatic heterocycles. The standard InChI is InChI=1S/C15H28N4O/c1-7-15(20,8-2)9-17-12-10(3)11(16)18-13(19-12)14(4,5)6/h20H,7-9H2,1-6H3,(H3,16,17,18,19). The van der Waals surface area contributed by atoms with Gasteiger partial charge in [-0.05, 0) is 19.8 Å². The van der Waals surface area contributed by atoms with E-state index in [1.165, 1.54) is 0 Å².